The number of aliphatic carboxylic acids is 1. The molecule has 1 aromatic carbocycles. The maximum Gasteiger partial charge on any atom is 0.418 e. The molecule has 0 saturated carbocycles. The number of thiazole rings is 1. The Morgan fingerprint density at radius 3 is 2.62 bits per heavy atom. The minimum atomic E-state index is -4.59. The zero-order chi connectivity index (χ0) is 17.9. The number of nitrogens with one attached hydrogen (secondary N) is 1. The van der Waals surface area contributed by atoms with Crippen molar-refractivity contribution in [3.05, 3.63) is 45.9 Å². The molecule has 2 rings (SSSR count). The van der Waals surface area contributed by atoms with Crippen LogP contribution in [0.3, 0.4) is 0 Å². The van der Waals surface area contributed by atoms with Crippen molar-refractivity contribution in [1.82, 2.24) is 4.98 Å². The molecule has 0 bridgehead atoms. The first kappa shape index (κ1) is 17.9. The monoisotopic (exact) mass is 357 g/mol. The first-order chi connectivity index (χ1) is 11.2. The normalized spacial score (nSPS) is 12.7. The summed E-state index contributed by atoms with van der Waals surface area (Å²) >= 11 is 1.06. The fourth-order valence-corrected chi connectivity index (χ4v) is 2.82. The van der Waals surface area contributed by atoms with E-state index in [9.17, 15) is 27.9 Å². The Labute approximate surface area is 139 Å². The lowest BCUT2D eigenvalue weighted by molar-refractivity contribution is -0.304. The van der Waals surface area contributed by atoms with E-state index in [4.69, 9.17) is 0 Å². The van der Waals surface area contributed by atoms with Gasteiger partial charge in [-0.3, -0.25) is 4.79 Å². The van der Waals surface area contributed by atoms with Gasteiger partial charge in [-0.2, -0.15) is 13.2 Å². The van der Waals surface area contributed by atoms with Gasteiger partial charge in [-0.15, -0.1) is 11.3 Å². The summed E-state index contributed by atoms with van der Waals surface area (Å²) in [6, 6.07) is 4.66. The molecule has 24 heavy (non-hydrogen) atoms. The SMILES string of the molecule is C[C@@H](C(=O)Nc1ccccc1C(F)(F)F)c1nc(CC(=O)[O-])cs1. The highest BCUT2D eigenvalue weighted by Gasteiger charge is 2.34. The molecule has 1 heterocycles. The summed E-state index contributed by atoms with van der Waals surface area (Å²) in [6.45, 7) is 1.48. The molecule has 0 aliphatic rings. The van der Waals surface area contributed by atoms with Gasteiger partial charge in [0.05, 0.1) is 22.9 Å². The highest BCUT2D eigenvalue weighted by molar-refractivity contribution is 7.09. The summed E-state index contributed by atoms with van der Waals surface area (Å²) in [6.07, 6.45) is -4.97. The Bertz CT molecular complexity index is 758. The molecule has 0 fully saturated rings. The van der Waals surface area contributed by atoms with E-state index in [0.717, 1.165) is 23.5 Å². The first-order valence-corrected chi connectivity index (χ1v) is 7.67. The van der Waals surface area contributed by atoms with E-state index in [1.54, 1.807) is 0 Å². The molecular formula is C15H12F3N2O3S-. The number of nitrogens with zero attached hydrogens (tertiary/aromatic N) is 1. The molecule has 0 unspecified atom stereocenters. The topological polar surface area (TPSA) is 82.1 Å². The molecule has 0 spiro atoms. The Kier molecular flexibility index (Phi) is 5.23. The van der Waals surface area contributed by atoms with Crippen LogP contribution in [0, 0.1) is 0 Å². The number of benzene rings is 1. The average Bonchev–Trinajstić information content (AvgIpc) is 2.93. The van der Waals surface area contributed by atoms with Gasteiger partial charge >= 0.3 is 6.18 Å². The van der Waals surface area contributed by atoms with Gasteiger partial charge in [0.25, 0.3) is 0 Å². The lowest BCUT2D eigenvalue weighted by Crippen LogP contribution is -2.24. The van der Waals surface area contributed by atoms with E-state index in [-0.39, 0.29) is 17.8 Å². The van der Waals surface area contributed by atoms with E-state index in [1.165, 1.54) is 24.4 Å². The van der Waals surface area contributed by atoms with Crippen LogP contribution in [0.2, 0.25) is 0 Å². The smallest absolute Gasteiger partial charge is 0.418 e. The van der Waals surface area contributed by atoms with Crippen LogP contribution in [-0.4, -0.2) is 16.9 Å². The third kappa shape index (κ3) is 4.31. The Balaban J connectivity index is 2.15. The number of alkyl halides is 3. The van der Waals surface area contributed by atoms with Gasteiger partial charge < -0.3 is 15.2 Å². The average molecular weight is 357 g/mol. The molecular weight excluding hydrogens is 345 g/mol. The van der Waals surface area contributed by atoms with Gasteiger partial charge in [-0.05, 0) is 19.1 Å². The van der Waals surface area contributed by atoms with Crippen molar-refractivity contribution in [1.29, 1.82) is 0 Å². The number of carbonyl (C=O) groups is 2. The van der Waals surface area contributed by atoms with Crippen molar-refractivity contribution < 1.29 is 27.9 Å². The van der Waals surface area contributed by atoms with Gasteiger partial charge in [0.15, 0.2) is 0 Å². The van der Waals surface area contributed by atoms with Crippen LogP contribution in [0.1, 0.15) is 29.1 Å². The molecule has 5 nitrogen and oxygen atoms in total. The van der Waals surface area contributed by atoms with Gasteiger partial charge in [0, 0.05) is 17.8 Å². The predicted octanol–water partition coefficient (Wildman–Crippen LogP) is 2.20. The number of hydrogen-bond acceptors (Lipinski definition) is 5. The molecule has 1 N–H and O–H groups in total. The van der Waals surface area contributed by atoms with Gasteiger partial charge in [0.1, 0.15) is 5.01 Å². The minimum absolute atomic E-state index is 0.241. The second-order valence-corrected chi connectivity index (χ2v) is 5.87. The van der Waals surface area contributed by atoms with Crippen LogP contribution in [0.25, 0.3) is 0 Å². The number of aromatic nitrogens is 1. The highest BCUT2D eigenvalue weighted by Crippen LogP contribution is 2.35. The number of carbonyl (C=O) groups excluding carboxylic acids is 2. The lowest BCUT2D eigenvalue weighted by atomic mass is 10.1. The molecule has 9 heteroatoms. The minimum Gasteiger partial charge on any atom is -0.550 e. The van der Waals surface area contributed by atoms with E-state index in [1.807, 2.05) is 0 Å². The predicted molar refractivity (Wildman–Crippen MR) is 79.3 cm³/mol. The molecule has 1 aromatic heterocycles. The summed E-state index contributed by atoms with van der Waals surface area (Å²) in [5.74, 6) is -2.80. The number of hydrogen-bond donors (Lipinski definition) is 1. The molecule has 1 atom stereocenters. The van der Waals surface area contributed by atoms with Gasteiger partial charge in [-0.1, -0.05) is 12.1 Å². The zero-order valence-electron chi connectivity index (χ0n) is 12.4. The maximum atomic E-state index is 12.9. The Morgan fingerprint density at radius 2 is 2.00 bits per heavy atom. The molecule has 128 valence electrons. The fraction of sp³-hybridized carbons (Fsp3) is 0.267. The standard InChI is InChI=1S/C15H13F3N2O3S/c1-8(14-19-9(7-24-14)6-12(21)22)13(23)20-11-5-3-2-4-10(11)15(16,17)18/h2-5,7-8H,6H2,1H3,(H,20,23)(H,21,22)/p-1/t8-/m0/s1. The summed E-state index contributed by atoms with van der Waals surface area (Å²) < 4.78 is 38.8. The third-order valence-electron chi connectivity index (χ3n) is 3.15. The largest absolute Gasteiger partial charge is 0.550 e. The van der Waals surface area contributed by atoms with Crippen molar-refractivity contribution in [2.45, 2.75) is 25.4 Å². The summed E-state index contributed by atoms with van der Waals surface area (Å²) in [5.41, 5.74) is -1.04. The van der Waals surface area contributed by atoms with Gasteiger partial charge in [-0.25, -0.2) is 4.98 Å². The first-order valence-electron chi connectivity index (χ1n) is 6.79. The van der Waals surface area contributed by atoms with Crippen LogP contribution in [0.5, 0.6) is 0 Å². The van der Waals surface area contributed by atoms with Crippen molar-refractivity contribution in [3.8, 4) is 0 Å². The number of para-hydroxylation sites is 1. The molecule has 0 aliphatic heterocycles. The number of rotatable bonds is 5. The quantitative estimate of drug-likeness (QED) is 0.889. The molecule has 0 saturated heterocycles. The molecule has 2 aromatic rings. The van der Waals surface area contributed by atoms with E-state index in [2.05, 4.69) is 10.3 Å². The van der Waals surface area contributed by atoms with Crippen molar-refractivity contribution in [3.63, 3.8) is 0 Å². The highest BCUT2D eigenvalue weighted by atomic mass is 32.1. The summed E-state index contributed by atoms with van der Waals surface area (Å²) in [7, 11) is 0. The fourth-order valence-electron chi connectivity index (χ4n) is 1.94. The maximum absolute atomic E-state index is 12.9. The number of carboxylic acids is 1. The van der Waals surface area contributed by atoms with Crippen LogP contribution < -0.4 is 10.4 Å². The van der Waals surface area contributed by atoms with Crippen LogP contribution in [-0.2, 0) is 22.2 Å². The number of halogens is 3. The van der Waals surface area contributed by atoms with E-state index in [0.29, 0.717) is 5.01 Å². The number of anilines is 1. The molecule has 0 aliphatic carbocycles. The van der Waals surface area contributed by atoms with Crippen LogP contribution in [0.4, 0.5) is 18.9 Å². The third-order valence-corrected chi connectivity index (χ3v) is 4.23. The zero-order valence-corrected chi connectivity index (χ0v) is 13.2. The molecule has 0 radical (unpaired) electrons. The Morgan fingerprint density at radius 1 is 1.33 bits per heavy atom. The summed E-state index contributed by atoms with van der Waals surface area (Å²) in [4.78, 5) is 26.7. The molecule has 1 amide bonds. The van der Waals surface area contributed by atoms with E-state index >= 15 is 0 Å². The van der Waals surface area contributed by atoms with E-state index < -0.39 is 29.5 Å². The van der Waals surface area contributed by atoms with Gasteiger partial charge in [0.2, 0.25) is 5.91 Å². The lowest BCUT2D eigenvalue weighted by Gasteiger charge is -2.15. The van der Waals surface area contributed by atoms with Crippen molar-refractivity contribution >= 4 is 28.9 Å². The van der Waals surface area contributed by atoms with Crippen LogP contribution >= 0.6 is 11.3 Å². The second kappa shape index (κ2) is 7.00. The number of carboxylic acid groups (broad SMARTS) is 1. The van der Waals surface area contributed by atoms with Crippen LogP contribution in [0.15, 0.2) is 29.6 Å². The summed E-state index contributed by atoms with van der Waals surface area (Å²) in [5, 5.41) is 14.6. The van der Waals surface area contributed by atoms with Crippen molar-refractivity contribution in [2.24, 2.45) is 0 Å². The van der Waals surface area contributed by atoms with Crippen molar-refractivity contribution in [2.75, 3.05) is 5.32 Å². The second-order valence-electron chi connectivity index (χ2n) is 4.98. The number of amides is 1. The Hall–Kier alpha value is -2.42.